The second kappa shape index (κ2) is 5.95. The zero-order valence-corrected chi connectivity index (χ0v) is 15.7. The van der Waals surface area contributed by atoms with Gasteiger partial charge in [-0.2, -0.15) is 4.31 Å². The first kappa shape index (κ1) is 16.8. The highest BCUT2D eigenvalue weighted by Crippen LogP contribution is 2.42. The number of hydrogen-bond acceptors (Lipinski definition) is 5. The van der Waals surface area contributed by atoms with Gasteiger partial charge in [-0.3, -0.25) is 0 Å². The second-order valence-corrected chi connectivity index (χ2v) is 9.07. The zero-order valence-electron chi connectivity index (χ0n) is 14.9. The van der Waals surface area contributed by atoms with Crippen LogP contribution in [-0.4, -0.2) is 40.5 Å². The molecule has 2 aromatic rings. The van der Waals surface area contributed by atoms with Gasteiger partial charge in [0.2, 0.25) is 10.0 Å². The number of imidazole rings is 1. The van der Waals surface area contributed by atoms with Gasteiger partial charge in [-0.1, -0.05) is 5.16 Å². The van der Waals surface area contributed by atoms with Crippen LogP contribution < -0.4 is 0 Å². The highest BCUT2D eigenvalue weighted by atomic mass is 32.2. The lowest BCUT2D eigenvalue weighted by Gasteiger charge is -2.33. The first-order valence-electron chi connectivity index (χ1n) is 8.86. The predicted octanol–water partition coefficient (Wildman–Crippen LogP) is 2.70. The topological polar surface area (TPSA) is 81.2 Å². The molecule has 1 saturated heterocycles. The molecule has 0 spiro atoms. The van der Waals surface area contributed by atoms with Crippen LogP contribution in [0, 0.1) is 20.8 Å². The Labute approximate surface area is 148 Å². The van der Waals surface area contributed by atoms with Gasteiger partial charge < -0.3 is 9.09 Å². The number of piperidine rings is 1. The van der Waals surface area contributed by atoms with Crippen LogP contribution >= 0.6 is 0 Å². The molecule has 2 aromatic heterocycles. The molecule has 0 radical (unpaired) electrons. The van der Waals surface area contributed by atoms with Crippen LogP contribution in [0.4, 0.5) is 0 Å². The molecule has 0 N–H and O–H groups in total. The normalized spacial score (nSPS) is 20.3. The van der Waals surface area contributed by atoms with Crippen molar-refractivity contribution in [3.8, 4) is 0 Å². The van der Waals surface area contributed by atoms with Crippen LogP contribution in [0.25, 0.3) is 0 Å². The van der Waals surface area contributed by atoms with Crippen molar-refractivity contribution in [3.05, 3.63) is 29.2 Å². The van der Waals surface area contributed by atoms with Gasteiger partial charge in [-0.05, 0) is 46.5 Å². The lowest BCUT2D eigenvalue weighted by molar-refractivity contribution is 0.268. The highest BCUT2D eigenvalue weighted by molar-refractivity contribution is 7.89. The summed E-state index contributed by atoms with van der Waals surface area (Å²) in [5.41, 5.74) is 1.61. The van der Waals surface area contributed by atoms with Crippen LogP contribution in [0.3, 0.4) is 0 Å². The Hall–Kier alpha value is -1.67. The molecule has 2 aliphatic rings. The quantitative estimate of drug-likeness (QED) is 0.833. The minimum Gasteiger partial charge on any atom is -0.360 e. The van der Waals surface area contributed by atoms with E-state index in [1.807, 2.05) is 6.20 Å². The average molecular weight is 364 g/mol. The SMILES string of the molecule is Cc1noc(C)c1S(=O)(=O)N1CCC(n2c(C)cnc2C2CC2)CC1. The van der Waals surface area contributed by atoms with Crippen molar-refractivity contribution in [2.45, 2.75) is 63.3 Å². The molecule has 0 aromatic carbocycles. The van der Waals surface area contributed by atoms with Gasteiger partial charge in [0, 0.05) is 36.9 Å². The van der Waals surface area contributed by atoms with Crippen LogP contribution in [0.2, 0.25) is 0 Å². The van der Waals surface area contributed by atoms with Crippen molar-refractivity contribution < 1.29 is 12.9 Å². The number of hydrogen-bond donors (Lipinski definition) is 0. The molecule has 3 heterocycles. The summed E-state index contributed by atoms with van der Waals surface area (Å²) in [5.74, 6) is 2.14. The Kier molecular flexibility index (Phi) is 3.99. The fourth-order valence-electron chi connectivity index (χ4n) is 3.90. The van der Waals surface area contributed by atoms with Crippen LogP contribution in [0.15, 0.2) is 15.6 Å². The minimum absolute atomic E-state index is 0.225. The Bertz CT molecular complexity index is 868. The lowest BCUT2D eigenvalue weighted by atomic mass is 10.1. The second-order valence-electron chi connectivity index (χ2n) is 7.19. The van der Waals surface area contributed by atoms with Crippen LogP contribution in [0.5, 0.6) is 0 Å². The molecule has 2 fully saturated rings. The van der Waals surface area contributed by atoms with E-state index in [9.17, 15) is 8.42 Å². The summed E-state index contributed by atoms with van der Waals surface area (Å²) in [6, 6.07) is 0.328. The summed E-state index contributed by atoms with van der Waals surface area (Å²) < 4.78 is 34.8. The highest BCUT2D eigenvalue weighted by Gasteiger charge is 2.36. The molecule has 0 atom stereocenters. The molecule has 0 bridgehead atoms. The largest absolute Gasteiger partial charge is 0.360 e. The fraction of sp³-hybridized carbons (Fsp3) is 0.647. The third-order valence-electron chi connectivity index (χ3n) is 5.31. The zero-order chi connectivity index (χ0) is 17.8. The van der Waals surface area contributed by atoms with E-state index >= 15 is 0 Å². The van der Waals surface area contributed by atoms with Gasteiger partial charge >= 0.3 is 0 Å². The standard InChI is InChI=1S/C17H24N4O3S/c1-11-10-18-17(14-4-5-14)21(11)15-6-8-20(9-7-15)25(22,23)16-12(2)19-24-13(16)3/h10,14-15H,4-9H2,1-3H3. The van der Waals surface area contributed by atoms with E-state index in [1.54, 1.807) is 18.2 Å². The van der Waals surface area contributed by atoms with Crippen molar-refractivity contribution >= 4 is 10.0 Å². The maximum atomic E-state index is 12.9. The molecular formula is C17H24N4O3S. The van der Waals surface area contributed by atoms with Crippen molar-refractivity contribution in [1.29, 1.82) is 0 Å². The smallest absolute Gasteiger partial charge is 0.248 e. The number of aromatic nitrogens is 3. The summed E-state index contributed by atoms with van der Waals surface area (Å²) in [6.07, 6.45) is 5.99. The molecule has 8 heteroatoms. The van der Waals surface area contributed by atoms with Gasteiger partial charge in [0.05, 0.1) is 0 Å². The van der Waals surface area contributed by atoms with Gasteiger partial charge in [0.25, 0.3) is 0 Å². The Balaban J connectivity index is 1.53. The molecule has 0 amide bonds. The van der Waals surface area contributed by atoms with E-state index < -0.39 is 10.0 Å². The third kappa shape index (κ3) is 2.81. The van der Waals surface area contributed by atoms with E-state index in [4.69, 9.17) is 4.52 Å². The summed E-state index contributed by atoms with van der Waals surface area (Å²) in [5, 5.41) is 3.79. The number of nitrogens with zero attached hydrogens (tertiary/aromatic N) is 4. The molecule has 25 heavy (non-hydrogen) atoms. The molecule has 1 aliphatic carbocycles. The summed E-state index contributed by atoms with van der Waals surface area (Å²) in [7, 11) is -3.54. The first-order valence-corrected chi connectivity index (χ1v) is 10.3. The summed E-state index contributed by atoms with van der Waals surface area (Å²) in [4.78, 5) is 4.82. The summed E-state index contributed by atoms with van der Waals surface area (Å²) >= 11 is 0. The Morgan fingerprint density at radius 3 is 2.36 bits per heavy atom. The Morgan fingerprint density at radius 2 is 1.80 bits per heavy atom. The van der Waals surface area contributed by atoms with Crippen molar-refractivity contribution in [1.82, 2.24) is 19.0 Å². The summed E-state index contributed by atoms with van der Waals surface area (Å²) in [6.45, 7) is 6.44. The van der Waals surface area contributed by atoms with E-state index in [1.165, 1.54) is 24.4 Å². The monoisotopic (exact) mass is 364 g/mol. The van der Waals surface area contributed by atoms with Gasteiger partial charge in [-0.25, -0.2) is 13.4 Å². The van der Waals surface area contributed by atoms with Gasteiger partial charge in [0.15, 0.2) is 5.76 Å². The fourth-order valence-corrected chi connectivity index (χ4v) is 5.66. The predicted molar refractivity (Wildman–Crippen MR) is 91.9 cm³/mol. The van der Waals surface area contributed by atoms with Gasteiger partial charge in [0.1, 0.15) is 16.4 Å². The first-order chi connectivity index (χ1) is 11.9. The van der Waals surface area contributed by atoms with E-state index in [0.29, 0.717) is 36.5 Å². The number of rotatable bonds is 4. The van der Waals surface area contributed by atoms with Crippen molar-refractivity contribution in [2.75, 3.05) is 13.1 Å². The van der Waals surface area contributed by atoms with Crippen molar-refractivity contribution in [2.24, 2.45) is 0 Å². The maximum absolute atomic E-state index is 12.9. The minimum atomic E-state index is -3.54. The molecule has 1 aliphatic heterocycles. The molecule has 7 nitrogen and oxygen atoms in total. The third-order valence-corrected chi connectivity index (χ3v) is 7.45. The molecule has 136 valence electrons. The molecular weight excluding hydrogens is 340 g/mol. The van der Waals surface area contributed by atoms with Gasteiger partial charge in [-0.15, -0.1) is 0 Å². The van der Waals surface area contributed by atoms with E-state index in [0.717, 1.165) is 12.8 Å². The van der Waals surface area contributed by atoms with Crippen LogP contribution in [-0.2, 0) is 10.0 Å². The molecule has 1 saturated carbocycles. The average Bonchev–Trinajstić information content (AvgIpc) is 3.27. The van der Waals surface area contributed by atoms with E-state index in [-0.39, 0.29) is 4.90 Å². The van der Waals surface area contributed by atoms with Crippen molar-refractivity contribution in [3.63, 3.8) is 0 Å². The van der Waals surface area contributed by atoms with Crippen LogP contribution in [0.1, 0.15) is 60.6 Å². The lowest BCUT2D eigenvalue weighted by Crippen LogP contribution is -2.39. The van der Waals surface area contributed by atoms with E-state index in [2.05, 4.69) is 21.6 Å². The maximum Gasteiger partial charge on any atom is 0.248 e. The number of aryl methyl sites for hydroxylation is 3. The number of sulfonamides is 1. The Morgan fingerprint density at radius 1 is 1.12 bits per heavy atom. The molecule has 0 unspecified atom stereocenters. The molecule has 4 rings (SSSR count).